The van der Waals surface area contributed by atoms with E-state index in [0.29, 0.717) is 22.2 Å². The lowest BCUT2D eigenvalue weighted by Crippen LogP contribution is -1.90. The van der Waals surface area contributed by atoms with E-state index in [1.807, 2.05) is 6.07 Å². The highest BCUT2D eigenvalue weighted by molar-refractivity contribution is 5.93. The van der Waals surface area contributed by atoms with E-state index < -0.39 is 0 Å². The number of halogens is 1. The van der Waals surface area contributed by atoms with Crippen LogP contribution in [0.3, 0.4) is 0 Å². The number of rotatable bonds is 1. The smallest absolute Gasteiger partial charge is 0.125 e. The van der Waals surface area contributed by atoms with Gasteiger partial charge in [0.1, 0.15) is 17.9 Å². The largest absolute Gasteiger partial charge is 0.507 e. The van der Waals surface area contributed by atoms with Crippen molar-refractivity contribution in [3.63, 3.8) is 0 Å². The first-order valence-corrected chi connectivity index (χ1v) is 5.44. The maximum Gasteiger partial charge on any atom is 0.125 e. The van der Waals surface area contributed by atoms with Gasteiger partial charge >= 0.3 is 0 Å². The first-order valence-electron chi connectivity index (χ1n) is 5.44. The quantitative estimate of drug-likeness (QED) is 0.710. The van der Waals surface area contributed by atoms with Crippen molar-refractivity contribution in [3.8, 4) is 17.0 Å². The Kier molecular flexibility index (Phi) is 2.41. The Hall–Kier alpha value is -2.49. The molecule has 3 aromatic rings. The van der Waals surface area contributed by atoms with Crippen LogP contribution in [0.25, 0.3) is 22.2 Å². The van der Waals surface area contributed by atoms with Gasteiger partial charge in [-0.05, 0) is 24.3 Å². The Morgan fingerprint density at radius 1 is 1.00 bits per heavy atom. The van der Waals surface area contributed by atoms with E-state index in [2.05, 4.69) is 9.97 Å². The Bertz CT molecular complexity index is 728. The monoisotopic (exact) mass is 240 g/mol. The molecular formula is C14H9FN2O. The molecule has 18 heavy (non-hydrogen) atoms. The molecular weight excluding hydrogens is 231 g/mol. The summed E-state index contributed by atoms with van der Waals surface area (Å²) in [7, 11) is 0. The maximum atomic E-state index is 13.1. The molecule has 0 spiro atoms. The summed E-state index contributed by atoms with van der Waals surface area (Å²) in [5, 5.41) is 10.6. The van der Waals surface area contributed by atoms with E-state index in [9.17, 15) is 9.50 Å². The van der Waals surface area contributed by atoms with Crippen molar-refractivity contribution in [1.82, 2.24) is 9.97 Å². The number of aromatic nitrogens is 2. The lowest BCUT2D eigenvalue weighted by Gasteiger charge is -2.06. The Balaban J connectivity index is 2.33. The molecule has 0 radical (unpaired) electrons. The van der Waals surface area contributed by atoms with E-state index in [0.717, 1.165) is 0 Å². The van der Waals surface area contributed by atoms with Crippen LogP contribution in [0.15, 0.2) is 48.8 Å². The topological polar surface area (TPSA) is 46.0 Å². The fourth-order valence-electron chi connectivity index (χ4n) is 1.92. The third kappa shape index (κ3) is 1.68. The number of aromatic hydroxyl groups is 1. The molecule has 0 aliphatic rings. The molecule has 88 valence electrons. The van der Waals surface area contributed by atoms with E-state index in [-0.39, 0.29) is 11.6 Å². The van der Waals surface area contributed by atoms with Crippen LogP contribution in [-0.4, -0.2) is 15.1 Å². The predicted octanol–water partition coefficient (Wildman–Crippen LogP) is 3.14. The van der Waals surface area contributed by atoms with Crippen molar-refractivity contribution < 1.29 is 9.50 Å². The lowest BCUT2D eigenvalue weighted by molar-refractivity contribution is 0.477. The molecule has 0 saturated carbocycles. The molecule has 0 unspecified atom stereocenters. The first kappa shape index (κ1) is 10.7. The van der Waals surface area contributed by atoms with Crippen LogP contribution in [0.5, 0.6) is 5.75 Å². The van der Waals surface area contributed by atoms with Crippen molar-refractivity contribution in [2.75, 3.05) is 0 Å². The lowest BCUT2D eigenvalue weighted by atomic mass is 10.1. The van der Waals surface area contributed by atoms with Crippen LogP contribution in [0, 0.1) is 5.82 Å². The highest BCUT2D eigenvalue weighted by Crippen LogP contribution is 2.31. The minimum Gasteiger partial charge on any atom is -0.507 e. The van der Waals surface area contributed by atoms with Gasteiger partial charge in [0.2, 0.25) is 0 Å². The molecule has 1 heterocycles. The standard InChI is InChI=1S/C14H9FN2O/c15-9-5-6-10-12(7-9)16-8-17-14(10)11-3-1-2-4-13(11)18/h1-8,18H. The summed E-state index contributed by atoms with van der Waals surface area (Å²) in [5.74, 6) is -0.203. The summed E-state index contributed by atoms with van der Waals surface area (Å²) in [6.07, 6.45) is 1.36. The predicted molar refractivity (Wildman–Crippen MR) is 66.6 cm³/mol. The third-order valence-corrected chi connectivity index (χ3v) is 2.76. The summed E-state index contributed by atoms with van der Waals surface area (Å²) in [6.45, 7) is 0. The molecule has 0 fully saturated rings. The minimum absolute atomic E-state index is 0.141. The van der Waals surface area contributed by atoms with Gasteiger partial charge in [0.05, 0.1) is 11.2 Å². The molecule has 2 aromatic carbocycles. The molecule has 0 amide bonds. The van der Waals surface area contributed by atoms with Crippen LogP contribution >= 0.6 is 0 Å². The molecule has 0 aliphatic heterocycles. The summed E-state index contributed by atoms with van der Waals surface area (Å²) >= 11 is 0. The van der Waals surface area contributed by atoms with Crippen LogP contribution in [-0.2, 0) is 0 Å². The second-order valence-electron chi connectivity index (χ2n) is 3.90. The van der Waals surface area contributed by atoms with Crippen molar-refractivity contribution in [1.29, 1.82) is 0 Å². The van der Waals surface area contributed by atoms with Gasteiger partial charge in [-0.3, -0.25) is 0 Å². The number of fused-ring (bicyclic) bond motifs is 1. The molecule has 0 saturated heterocycles. The molecule has 3 rings (SSSR count). The summed E-state index contributed by atoms with van der Waals surface area (Å²) in [5.41, 5.74) is 1.72. The number of para-hydroxylation sites is 1. The summed E-state index contributed by atoms with van der Waals surface area (Å²) in [6, 6.07) is 11.2. The molecule has 1 aromatic heterocycles. The van der Waals surface area contributed by atoms with Crippen LogP contribution in [0.1, 0.15) is 0 Å². The fourth-order valence-corrected chi connectivity index (χ4v) is 1.92. The maximum absolute atomic E-state index is 13.1. The van der Waals surface area contributed by atoms with Gasteiger partial charge in [-0.15, -0.1) is 0 Å². The average molecular weight is 240 g/mol. The second-order valence-corrected chi connectivity index (χ2v) is 3.90. The Labute approximate surface area is 103 Å². The molecule has 0 aliphatic carbocycles. The number of nitrogens with zero attached hydrogens (tertiary/aromatic N) is 2. The molecule has 3 nitrogen and oxygen atoms in total. The zero-order valence-corrected chi connectivity index (χ0v) is 9.34. The zero-order valence-electron chi connectivity index (χ0n) is 9.34. The van der Waals surface area contributed by atoms with Gasteiger partial charge in [0.25, 0.3) is 0 Å². The highest BCUT2D eigenvalue weighted by Gasteiger charge is 2.10. The van der Waals surface area contributed by atoms with E-state index >= 15 is 0 Å². The zero-order chi connectivity index (χ0) is 12.5. The van der Waals surface area contributed by atoms with Gasteiger partial charge in [-0.2, -0.15) is 0 Å². The molecule has 1 N–H and O–H groups in total. The minimum atomic E-state index is -0.343. The van der Waals surface area contributed by atoms with Gasteiger partial charge in [0.15, 0.2) is 0 Å². The van der Waals surface area contributed by atoms with Crippen molar-refractivity contribution in [2.24, 2.45) is 0 Å². The molecule has 4 heteroatoms. The number of benzene rings is 2. The van der Waals surface area contributed by atoms with Crippen molar-refractivity contribution in [2.45, 2.75) is 0 Å². The highest BCUT2D eigenvalue weighted by atomic mass is 19.1. The van der Waals surface area contributed by atoms with E-state index in [1.54, 1.807) is 24.3 Å². The van der Waals surface area contributed by atoms with Gasteiger partial charge in [-0.25, -0.2) is 14.4 Å². The number of phenolic OH excluding ortho intramolecular Hbond substituents is 1. The molecule has 0 atom stereocenters. The summed E-state index contributed by atoms with van der Waals surface area (Å²) in [4.78, 5) is 8.20. The summed E-state index contributed by atoms with van der Waals surface area (Å²) < 4.78 is 13.1. The Morgan fingerprint density at radius 2 is 1.83 bits per heavy atom. The number of hydrogen-bond acceptors (Lipinski definition) is 3. The first-order chi connectivity index (χ1) is 8.75. The SMILES string of the molecule is Oc1ccccc1-c1ncnc2cc(F)ccc12. The number of phenols is 1. The van der Waals surface area contributed by atoms with Crippen molar-refractivity contribution in [3.05, 3.63) is 54.6 Å². The average Bonchev–Trinajstić information content (AvgIpc) is 2.38. The van der Waals surface area contributed by atoms with E-state index in [4.69, 9.17) is 0 Å². The number of hydrogen-bond donors (Lipinski definition) is 1. The van der Waals surface area contributed by atoms with Crippen molar-refractivity contribution >= 4 is 10.9 Å². The van der Waals surface area contributed by atoms with Gasteiger partial charge in [-0.1, -0.05) is 12.1 Å². The van der Waals surface area contributed by atoms with Gasteiger partial charge in [0, 0.05) is 17.0 Å². The normalized spacial score (nSPS) is 10.7. The Morgan fingerprint density at radius 3 is 2.67 bits per heavy atom. The third-order valence-electron chi connectivity index (χ3n) is 2.76. The second kappa shape index (κ2) is 4.07. The molecule has 0 bridgehead atoms. The van der Waals surface area contributed by atoms with Crippen LogP contribution in [0.2, 0.25) is 0 Å². The fraction of sp³-hybridized carbons (Fsp3) is 0. The van der Waals surface area contributed by atoms with Crippen LogP contribution in [0.4, 0.5) is 4.39 Å². The van der Waals surface area contributed by atoms with Crippen LogP contribution < -0.4 is 0 Å². The van der Waals surface area contributed by atoms with Gasteiger partial charge < -0.3 is 5.11 Å². The van der Waals surface area contributed by atoms with E-state index in [1.165, 1.54) is 18.5 Å².